The molecule has 0 saturated heterocycles. The van der Waals surface area contributed by atoms with E-state index in [2.05, 4.69) is 22.0 Å². The van der Waals surface area contributed by atoms with Gasteiger partial charge in [-0.05, 0) is 18.9 Å². The fourth-order valence-electron chi connectivity index (χ4n) is 2.89. The SMILES string of the molecule is Clc1ccccc1-c1cnn(C2CCCCCC2)c1. The van der Waals surface area contributed by atoms with Crippen LogP contribution in [-0.2, 0) is 0 Å². The van der Waals surface area contributed by atoms with E-state index in [0.717, 1.165) is 16.1 Å². The van der Waals surface area contributed by atoms with Gasteiger partial charge in [-0.25, -0.2) is 0 Å². The molecule has 0 amide bonds. The zero-order chi connectivity index (χ0) is 13.1. The zero-order valence-corrected chi connectivity index (χ0v) is 11.8. The van der Waals surface area contributed by atoms with Crippen LogP contribution in [0.3, 0.4) is 0 Å². The third kappa shape index (κ3) is 2.84. The Bertz CT molecular complexity index is 539. The minimum atomic E-state index is 0.568. The highest BCUT2D eigenvalue weighted by atomic mass is 35.5. The van der Waals surface area contributed by atoms with Crippen molar-refractivity contribution in [1.29, 1.82) is 0 Å². The molecule has 1 aliphatic rings. The minimum Gasteiger partial charge on any atom is -0.269 e. The van der Waals surface area contributed by atoms with Crippen LogP contribution in [0.15, 0.2) is 36.7 Å². The third-order valence-electron chi connectivity index (χ3n) is 3.99. The Morgan fingerprint density at radius 2 is 1.79 bits per heavy atom. The van der Waals surface area contributed by atoms with Gasteiger partial charge in [-0.2, -0.15) is 5.10 Å². The highest BCUT2D eigenvalue weighted by Crippen LogP contribution is 2.30. The average Bonchev–Trinajstić information content (AvgIpc) is 2.75. The van der Waals surface area contributed by atoms with Crippen molar-refractivity contribution in [1.82, 2.24) is 9.78 Å². The Hall–Kier alpha value is -1.28. The molecule has 1 aromatic carbocycles. The maximum Gasteiger partial charge on any atom is 0.0568 e. The van der Waals surface area contributed by atoms with E-state index in [1.807, 2.05) is 24.4 Å². The molecule has 0 unspecified atom stereocenters. The van der Waals surface area contributed by atoms with Crippen LogP contribution < -0.4 is 0 Å². The number of benzene rings is 1. The number of nitrogens with zero attached hydrogens (tertiary/aromatic N) is 2. The lowest BCUT2D eigenvalue weighted by atomic mass is 10.1. The largest absolute Gasteiger partial charge is 0.269 e. The van der Waals surface area contributed by atoms with Crippen LogP contribution >= 0.6 is 11.6 Å². The summed E-state index contributed by atoms with van der Waals surface area (Å²) in [5.41, 5.74) is 2.19. The van der Waals surface area contributed by atoms with E-state index in [9.17, 15) is 0 Å². The number of aromatic nitrogens is 2. The normalized spacial score (nSPS) is 17.3. The highest BCUT2D eigenvalue weighted by Gasteiger charge is 2.15. The van der Waals surface area contributed by atoms with E-state index < -0.39 is 0 Å². The maximum atomic E-state index is 6.24. The summed E-state index contributed by atoms with van der Waals surface area (Å²) in [5.74, 6) is 0. The standard InChI is InChI=1S/C16H19ClN2/c17-16-10-6-5-9-15(16)13-11-18-19(12-13)14-7-3-1-2-4-8-14/h5-6,9-12,14H,1-4,7-8H2. The monoisotopic (exact) mass is 274 g/mol. The molecule has 1 fully saturated rings. The van der Waals surface area contributed by atoms with Crippen molar-refractivity contribution in [2.75, 3.05) is 0 Å². The second kappa shape index (κ2) is 5.79. The van der Waals surface area contributed by atoms with Crippen molar-refractivity contribution in [2.45, 2.75) is 44.6 Å². The summed E-state index contributed by atoms with van der Waals surface area (Å²) < 4.78 is 2.14. The average molecular weight is 275 g/mol. The van der Waals surface area contributed by atoms with E-state index in [4.69, 9.17) is 11.6 Å². The lowest BCUT2D eigenvalue weighted by Crippen LogP contribution is -2.08. The van der Waals surface area contributed by atoms with E-state index >= 15 is 0 Å². The Balaban J connectivity index is 1.85. The van der Waals surface area contributed by atoms with Crippen LogP contribution in [0.4, 0.5) is 0 Å². The molecule has 2 aromatic rings. The van der Waals surface area contributed by atoms with E-state index in [0.29, 0.717) is 6.04 Å². The van der Waals surface area contributed by atoms with Crippen molar-refractivity contribution < 1.29 is 0 Å². The summed E-state index contributed by atoms with van der Waals surface area (Å²) in [6, 6.07) is 8.53. The van der Waals surface area contributed by atoms with Crippen molar-refractivity contribution in [3.8, 4) is 11.1 Å². The molecule has 0 bridgehead atoms. The quantitative estimate of drug-likeness (QED) is 0.697. The molecule has 2 nitrogen and oxygen atoms in total. The van der Waals surface area contributed by atoms with Gasteiger partial charge in [0.2, 0.25) is 0 Å². The Labute approximate surface area is 119 Å². The fourth-order valence-corrected chi connectivity index (χ4v) is 3.14. The van der Waals surface area contributed by atoms with Crippen LogP contribution in [0.1, 0.15) is 44.6 Å². The second-order valence-corrected chi connectivity index (χ2v) is 5.74. The first-order valence-electron chi connectivity index (χ1n) is 7.13. The molecule has 1 saturated carbocycles. The predicted octanol–water partition coefficient (Wildman–Crippen LogP) is 5.10. The van der Waals surface area contributed by atoms with Gasteiger partial charge in [0, 0.05) is 22.3 Å². The van der Waals surface area contributed by atoms with Crippen molar-refractivity contribution in [3.05, 3.63) is 41.7 Å². The first-order valence-corrected chi connectivity index (χ1v) is 7.51. The number of hydrogen-bond donors (Lipinski definition) is 0. The molecule has 1 aliphatic carbocycles. The topological polar surface area (TPSA) is 17.8 Å². The summed E-state index contributed by atoms with van der Waals surface area (Å²) in [6.07, 6.45) is 12.0. The number of rotatable bonds is 2. The van der Waals surface area contributed by atoms with Crippen molar-refractivity contribution in [2.24, 2.45) is 0 Å². The molecule has 100 valence electrons. The van der Waals surface area contributed by atoms with E-state index in [-0.39, 0.29) is 0 Å². The molecule has 0 N–H and O–H groups in total. The number of halogens is 1. The smallest absolute Gasteiger partial charge is 0.0568 e. The van der Waals surface area contributed by atoms with Gasteiger partial charge in [0.25, 0.3) is 0 Å². The molecule has 19 heavy (non-hydrogen) atoms. The molecular weight excluding hydrogens is 256 g/mol. The summed E-state index contributed by atoms with van der Waals surface area (Å²) in [6.45, 7) is 0. The summed E-state index contributed by atoms with van der Waals surface area (Å²) in [7, 11) is 0. The van der Waals surface area contributed by atoms with E-state index in [1.54, 1.807) is 0 Å². The third-order valence-corrected chi connectivity index (χ3v) is 4.31. The first kappa shape index (κ1) is 12.7. The molecule has 3 heteroatoms. The van der Waals surface area contributed by atoms with Gasteiger partial charge in [-0.3, -0.25) is 4.68 Å². The van der Waals surface area contributed by atoms with Gasteiger partial charge in [-0.1, -0.05) is 55.5 Å². The molecule has 0 aliphatic heterocycles. The highest BCUT2D eigenvalue weighted by molar-refractivity contribution is 6.33. The maximum absolute atomic E-state index is 6.24. The van der Waals surface area contributed by atoms with Gasteiger partial charge < -0.3 is 0 Å². The van der Waals surface area contributed by atoms with Crippen LogP contribution in [-0.4, -0.2) is 9.78 Å². The fraction of sp³-hybridized carbons (Fsp3) is 0.438. The lowest BCUT2D eigenvalue weighted by Gasteiger charge is -2.14. The predicted molar refractivity (Wildman–Crippen MR) is 79.4 cm³/mol. The molecule has 1 heterocycles. The first-order chi connectivity index (χ1) is 9.34. The Morgan fingerprint density at radius 3 is 2.53 bits per heavy atom. The van der Waals surface area contributed by atoms with E-state index in [1.165, 1.54) is 38.5 Å². The Morgan fingerprint density at radius 1 is 1.05 bits per heavy atom. The minimum absolute atomic E-state index is 0.568. The van der Waals surface area contributed by atoms with Crippen LogP contribution in [0.5, 0.6) is 0 Å². The van der Waals surface area contributed by atoms with Gasteiger partial charge in [0.1, 0.15) is 0 Å². The summed E-state index contributed by atoms with van der Waals surface area (Å²) >= 11 is 6.24. The molecule has 1 aromatic heterocycles. The van der Waals surface area contributed by atoms with Crippen LogP contribution in [0.2, 0.25) is 5.02 Å². The lowest BCUT2D eigenvalue weighted by molar-refractivity contribution is 0.405. The van der Waals surface area contributed by atoms with Crippen molar-refractivity contribution >= 4 is 11.6 Å². The molecule has 0 atom stereocenters. The molecule has 3 rings (SSSR count). The van der Waals surface area contributed by atoms with Gasteiger partial charge >= 0.3 is 0 Å². The number of hydrogen-bond acceptors (Lipinski definition) is 1. The summed E-state index contributed by atoms with van der Waals surface area (Å²) in [4.78, 5) is 0. The molecule has 0 radical (unpaired) electrons. The van der Waals surface area contributed by atoms with Crippen molar-refractivity contribution in [3.63, 3.8) is 0 Å². The van der Waals surface area contributed by atoms with Crippen LogP contribution in [0.25, 0.3) is 11.1 Å². The van der Waals surface area contributed by atoms with Gasteiger partial charge in [0.05, 0.1) is 12.2 Å². The van der Waals surface area contributed by atoms with Crippen LogP contribution in [0, 0.1) is 0 Å². The zero-order valence-electron chi connectivity index (χ0n) is 11.1. The Kier molecular flexibility index (Phi) is 3.88. The summed E-state index contributed by atoms with van der Waals surface area (Å²) in [5, 5.41) is 5.35. The van der Waals surface area contributed by atoms with Gasteiger partial charge in [-0.15, -0.1) is 0 Å². The molecule has 0 spiro atoms. The van der Waals surface area contributed by atoms with Gasteiger partial charge in [0.15, 0.2) is 0 Å². The molecular formula is C16H19ClN2. The second-order valence-electron chi connectivity index (χ2n) is 5.33.